The molecular weight excluding hydrogens is 368 g/mol. The molecule has 0 spiro atoms. The third kappa shape index (κ3) is 3.46. The van der Waals surface area contributed by atoms with Gasteiger partial charge in [-0.25, -0.2) is 14.2 Å². The Hall–Kier alpha value is -2.33. The van der Waals surface area contributed by atoms with Crippen molar-refractivity contribution in [2.75, 3.05) is 17.7 Å². The van der Waals surface area contributed by atoms with Crippen molar-refractivity contribution >= 4 is 21.6 Å². The summed E-state index contributed by atoms with van der Waals surface area (Å²) >= 11 is 0. The Morgan fingerprint density at radius 1 is 1.33 bits per heavy atom. The summed E-state index contributed by atoms with van der Waals surface area (Å²) in [6.45, 7) is 4.75. The van der Waals surface area contributed by atoms with Gasteiger partial charge in [0.2, 0.25) is 5.95 Å². The molecule has 4 rings (SSSR count). The Morgan fingerprint density at radius 2 is 2.19 bits per heavy atom. The van der Waals surface area contributed by atoms with E-state index >= 15 is 0 Å². The van der Waals surface area contributed by atoms with Gasteiger partial charge in [0.25, 0.3) is 5.91 Å². The summed E-state index contributed by atoms with van der Waals surface area (Å²) in [6.07, 6.45) is 5.85. The Morgan fingerprint density at radius 3 is 3.00 bits per heavy atom. The molecule has 4 heterocycles. The van der Waals surface area contributed by atoms with Gasteiger partial charge in [0.15, 0.2) is 0 Å². The number of amides is 1. The van der Waals surface area contributed by atoms with Crippen molar-refractivity contribution in [3.8, 4) is 0 Å². The van der Waals surface area contributed by atoms with Crippen LogP contribution in [0.15, 0.2) is 21.7 Å². The van der Waals surface area contributed by atoms with Gasteiger partial charge in [-0.15, -0.1) is 0 Å². The summed E-state index contributed by atoms with van der Waals surface area (Å²) < 4.78 is 24.3. The normalized spacial score (nSPS) is 17.9. The SMILES string of the molecule is CCCC(=O)N=S(C)(=O)c1cnn2c1CN(c1ncc3c(n1)COC3)CC2. The molecular formula is C17H22N6O3S. The van der Waals surface area contributed by atoms with Gasteiger partial charge in [-0.3, -0.25) is 9.48 Å². The van der Waals surface area contributed by atoms with E-state index in [2.05, 4.69) is 19.4 Å². The fourth-order valence-corrected chi connectivity index (χ4v) is 4.73. The molecule has 0 bridgehead atoms. The number of hydrogen-bond donors (Lipinski definition) is 0. The number of nitrogens with zero attached hydrogens (tertiary/aromatic N) is 6. The summed E-state index contributed by atoms with van der Waals surface area (Å²) in [5, 5.41) is 4.34. The van der Waals surface area contributed by atoms with Crippen LogP contribution in [0.2, 0.25) is 0 Å². The second kappa shape index (κ2) is 7.01. The monoisotopic (exact) mass is 390 g/mol. The summed E-state index contributed by atoms with van der Waals surface area (Å²) in [7, 11) is -2.84. The van der Waals surface area contributed by atoms with E-state index in [-0.39, 0.29) is 5.91 Å². The van der Waals surface area contributed by atoms with E-state index in [0.717, 1.165) is 17.0 Å². The molecule has 0 saturated heterocycles. The van der Waals surface area contributed by atoms with Crippen LogP contribution in [0.1, 0.15) is 36.7 Å². The molecule has 2 aromatic rings. The first kappa shape index (κ1) is 18.1. The highest BCUT2D eigenvalue weighted by Gasteiger charge is 2.27. The second-order valence-electron chi connectivity index (χ2n) is 6.77. The Labute approximate surface area is 157 Å². The number of aromatic nitrogens is 4. The molecule has 1 unspecified atom stereocenters. The zero-order valence-corrected chi connectivity index (χ0v) is 16.2. The molecule has 2 aliphatic rings. The summed E-state index contributed by atoms with van der Waals surface area (Å²) in [6, 6.07) is 0. The molecule has 144 valence electrons. The van der Waals surface area contributed by atoms with E-state index in [1.807, 2.05) is 16.5 Å². The minimum Gasteiger partial charge on any atom is -0.370 e. The maximum absolute atomic E-state index is 13.1. The van der Waals surface area contributed by atoms with Crippen molar-refractivity contribution in [3.63, 3.8) is 0 Å². The van der Waals surface area contributed by atoms with Crippen LogP contribution in [0, 0.1) is 0 Å². The number of hydrogen-bond acceptors (Lipinski definition) is 7. The molecule has 1 amide bonds. The van der Waals surface area contributed by atoms with Gasteiger partial charge in [-0.05, 0) is 6.42 Å². The summed E-state index contributed by atoms with van der Waals surface area (Å²) in [5.41, 5.74) is 2.73. The minimum absolute atomic E-state index is 0.297. The van der Waals surface area contributed by atoms with Gasteiger partial charge in [-0.2, -0.15) is 9.46 Å². The van der Waals surface area contributed by atoms with E-state index in [1.54, 1.807) is 12.4 Å². The fraction of sp³-hybridized carbons (Fsp3) is 0.529. The third-order valence-electron chi connectivity index (χ3n) is 4.70. The first-order valence-electron chi connectivity index (χ1n) is 8.95. The van der Waals surface area contributed by atoms with E-state index < -0.39 is 9.73 Å². The average Bonchev–Trinajstić information content (AvgIpc) is 3.27. The van der Waals surface area contributed by atoms with E-state index in [0.29, 0.717) is 56.5 Å². The molecule has 2 aliphatic heterocycles. The van der Waals surface area contributed by atoms with Crippen molar-refractivity contribution in [2.24, 2.45) is 4.36 Å². The van der Waals surface area contributed by atoms with Crippen LogP contribution >= 0.6 is 0 Å². The minimum atomic E-state index is -2.84. The highest BCUT2D eigenvalue weighted by atomic mass is 32.2. The first-order valence-corrected chi connectivity index (χ1v) is 10.9. The van der Waals surface area contributed by atoms with Crippen LogP contribution in [-0.2, 0) is 45.6 Å². The van der Waals surface area contributed by atoms with Crippen molar-refractivity contribution in [2.45, 2.75) is 51.0 Å². The molecule has 0 saturated carbocycles. The largest absolute Gasteiger partial charge is 0.370 e. The third-order valence-corrected chi connectivity index (χ3v) is 6.41. The number of anilines is 1. The van der Waals surface area contributed by atoms with Gasteiger partial charge in [0, 0.05) is 31.0 Å². The summed E-state index contributed by atoms with van der Waals surface area (Å²) in [4.78, 5) is 23.5. The van der Waals surface area contributed by atoms with E-state index in [4.69, 9.17) is 4.74 Å². The Kier molecular flexibility index (Phi) is 4.68. The number of carbonyl (C=O) groups excluding carboxylic acids is 1. The average molecular weight is 390 g/mol. The quantitative estimate of drug-likeness (QED) is 0.779. The maximum atomic E-state index is 13.1. The van der Waals surface area contributed by atoms with Crippen LogP contribution in [0.5, 0.6) is 0 Å². The van der Waals surface area contributed by atoms with Crippen molar-refractivity contribution in [1.29, 1.82) is 0 Å². The van der Waals surface area contributed by atoms with Crippen LogP contribution < -0.4 is 4.90 Å². The lowest BCUT2D eigenvalue weighted by atomic mass is 10.3. The van der Waals surface area contributed by atoms with E-state index in [1.165, 1.54) is 6.26 Å². The fourth-order valence-electron chi connectivity index (χ4n) is 3.30. The standard InChI is InChI=1S/C17H22N6O3S/c1-3-4-16(24)21-27(2,25)15-8-19-23-6-5-22(9-14(15)23)17-18-7-12-10-26-11-13(12)20-17/h7-8H,3-6,9-11H2,1-2H3. The van der Waals surface area contributed by atoms with Gasteiger partial charge < -0.3 is 9.64 Å². The van der Waals surface area contributed by atoms with Gasteiger partial charge in [0.05, 0.1) is 58.5 Å². The number of carbonyl (C=O) groups is 1. The summed E-state index contributed by atoms with van der Waals surface area (Å²) in [5.74, 6) is 0.291. The second-order valence-corrected chi connectivity index (χ2v) is 9.00. The number of rotatable bonds is 4. The molecule has 10 heteroatoms. The van der Waals surface area contributed by atoms with Gasteiger partial charge >= 0.3 is 0 Å². The molecule has 1 atom stereocenters. The van der Waals surface area contributed by atoms with Crippen molar-refractivity contribution < 1.29 is 13.7 Å². The van der Waals surface area contributed by atoms with Crippen molar-refractivity contribution in [3.05, 3.63) is 29.3 Å². The molecule has 27 heavy (non-hydrogen) atoms. The molecule has 0 aliphatic carbocycles. The van der Waals surface area contributed by atoms with Crippen LogP contribution in [-0.4, -0.2) is 42.7 Å². The highest BCUT2D eigenvalue weighted by Crippen LogP contribution is 2.26. The number of ether oxygens (including phenoxy) is 1. The molecule has 2 aromatic heterocycles. The lowest BCUT2D eigenvalue weighted by Gasteiger charge is -2.28. The first-order chi connectivity index (χ1) is 13.0. The lowest BCUT2D eigenvalue weighted by Crippen LogP contribution is -2.35. The smallest absolute Gasteiger partial charge is 0.254 e. The zero-order valence-electron chi connectivity index (χ0n) is 15.4. The lowest BCUT2D eigenvalue weighted by molar-refractivity contribution is -0.117. The Balaban J connectivity index is 1.64. The molecule has 0 aromatic carbocycles. The van der Waals surface area contributed by atoms with E-state index in [9.17, 15) is 9.00 Å². The van der Waals surface area contributed by atoms with Crippen LogP contribution in [0.25, 0.3) is 0 Å². The van der Waals surface area contributed by atoms with Crippen molar-refractivity contribution in [1.82, 2.24) is 19.7 Å². The molecule has 9 nitrogen and oxygen atoms in total. The molecule has 0 radical (unpaired) electrons. The molecule has 0 fully saturated rings. The van der Waals surface area contributed by atoms with Crippen LogP contribution in [0.3, 0.4) is 0 Å². The zero-order chi connectivity index (χ0) is 19.0. The Bertz CT molecular complexity index is 1010. The number of fused-ring (bicyclic) bond motifs is 2. The highest BCUT2D eigenvalue weighted by molar-refractivity contribution is 7.93. The predicted octanol–water partition coefficient (Wildman–Crippen LogP) is 1.51. The molecule has 0 N–H and O–H groups in total. The maximum Gasteiger partial charge on any atom is 0.254 e. The van der Waals surface area contributed by atoms with Gasteiger partial charge in [-0.1, -0.05) is 6.92 Å². The topological polar surface area (TPSA) is 103 Å². The van der Waals surface area contributed by atoms with Gasteiger partial charge in [0.1, 0.15) is 0 Å². The van der Waals surface area contributed by atoms with Crippen LogP contribution in [0.4, 0.5) is 5.95 Å². The predicted molar refractivity (Wildman–Crippen MR) is 98.5 cm³/mol.